The van der Waals surface area contributed by atoms with E-state index in [1.165, 1.54) is 11.3 Å². The number of rotatable bonds is 5. The number of hydrogen-bond donors (Lipinski definition) is 3. The van der Waals surface area contributed by atoms with Gasteiger partial charge in [0.05, 0.1) is 23.4 Å². The maximum atomic E-state index is 12.0. The zero-order valence-corrected chi connectivity index (χ0v) is 12.6. The number of thiazole rings is 1. The summed E-state index contributed by atoms with van der Waals surface area (Å²) >= 11 is 1.47. The summed E-state index contributed by atoms with van der Waals surface area (Å²) in [4.78, 5) is 16.4. The number of nitrogens with zero attached hydrogens (tertiary/aromatic N) is 1. The molecule has 3 rings (SSSR count). The van der Waals surface area contributed by atoms with Crippen LogP contribution in [0, 0.1) is 0 Å². The predicted octanol–water partition coefficient (Wildman–Crippen LogP) is 2.13. The van der Waals surface area contributed by atoms with Crippen LogP contribution in [0.5, 0.6) is 0 Å². The molecule has 1 aliphatic rings. The molecule has 1 aromatic carbocycles. The van der Waals surface area contributed by atoms with E-state index in [0.29, 0.717) is 5.13 Å². The number of para-hydroxylation sites is 1. The van der Waals surface area contributed by atoms with Gasteiger partial charge in [0.25, 0.3) is 0 Å². The first-order chi connectivity index (χ1) is 10.2. The molecule has 0 saturated heterocycles. The summed E-state index contributed by atoms with van der Waals surface area (Å²) in [5, 5.41) is 16.2. The molecule has 1 aromatic heterocycles. The molecule has 1 saturated carbocycles. The lowest BCUT2D eigenvalue weighted by Crippen LogP contribution is -2.49. The lowest BCUT2D eigenvalue weighted by Gasteiger charge is -2.27. The van der Waals surface area contributed by atoms with E-state index in [2.05, 4.69) is 15.6 Å². The molecule has 1 amide bonds. The second-order valence-corrected chi connectivity index (χ2v) is 6.56. The van der Waals surface area contributed by atoms with Crippen molar-refractivity contribution in [3.05, 3.63) is 24.3 Å². The quantitative estimate of drug-likeness (QED) is 0.791. The lowest BCUT2D eigenvalue weighted by atomic mass is 9.99. The largest absolute Gasteiger partial charge is 0.394 e. The van der Waals surface area contributed by atoms with E-state index in [9.17, 15) is 9.90 Å². The Labute approximate surface area is 127 Å². The van der Waals surface area contributed by atoms with Crippen LogP contribution in [0.4, 0.5) is 5.13 Å². The Kier molecular flexibility index (Phi) is 4.19. The average Bonchev–Trinajstić information content (AvgIpc) is 3.12. The number of carbonyl (C=O) groups is 1. The summed E-state index contributed by atoms with van der Waals surface area (Å²) in [5.41, 5.74) is 0.624. The Morgan fingerprint density at radius 1 is 1.33 bits per heavy atom. The number of hydrogen-bond acceptors (Lipinski definition) is 5. The number of amides is 1. The smallest absolute Gasteiger partial charge is 0.240 e. The topological polar surface area (TPSA) is 74.2 Å². The van der Waals surface area contributed by atoms with Crippen molar-refractivity contribution in [2.75, 3.05) is 18.5 Å². The third kappa shape index (κ3) is 3.23. The van der Waals surface area contributed by atoms with Crippen molar-refractivity contribution in [2.45, 2.75) is 31.2 Å². The zero-order chi connectivity index (χ0) is 14.7. The molecule has 0 aliphatic heterocycles. The molecule has 21 heavy (non-hydrogen) atoms. The van der Waals surface area contributed by atoms with Crippen LogP contribution in [0.25, 0.3) is 10.2 Å². The van der Waals surface area contributed by atoms with Crippen LogP contribution in [0.3, 0.4) is 0 Å². The highest BCUT2D eigenvalue weighted by atomic mass is 32.1. The molecule has 0 unspecified atom stereocenters. The number of aromatic nitrogens is 1. The van der Waals surface area contributed by atoms with Gasteiger partial charge >= 0.3 is 0 Å². The van der Waals surface area contributed by atoms with Crippen molar-refractivity contribution >= 4 is 32.6 Å². The van der Waals surface area contributed by atoms with Gasteiger partial charge in [-0.2, -0.15) is 0 Å². The highest BCUT2D eigenvalue weighted by Gasteiger charge is 2.32. The zero-order valence-electron chi connectivity index (χ0n) is 11.8. The van der Waals surface area contributed by atoms with Gasteiger partial charge in [-0.25, -0.2) is 4.98 Å². The van der Waals surface area contributed by atoms with Crippen LogP contribution < -0.4 is 10.6 Å². The number of aliphatic hydroxyl groups is 1. The van der Waals surface area contributed by atoms with Crippen molar-refractivity contribution in [2.24, 2.45) is 0 Å². The van der Waals surface area contributed by atoms with Crippen LogP contribution in [0.2, 0.25) is 0 Å². The van der Waals surface area contributed by atoms with Gasteiger partial charge in [-0.3, -0.25) is 4.79 Å². The fourth-order valence-electron chi connectivity index (χ4n) is 2.80. The summed E-state index contributed by atoms with van der Waals surface area (Å²) in [6, 6.07) is 7.80. The minimum Gasteiger partial charge on any atom is -0.394 e. The molecule has 3 N–H and O–H groups in total. The molecule has 1 heterocycles. The van der Waals surface area contributed by atoms with E-state index in [1.807, 2.05) is 24.3 Å². The van der Waals surface area contributed by atoms with Gasteiger partial charge in [-0.15, -0.1) is 0 Å². The van der Waals surface area contributed by atoms with Crippen LogP contribution in [-0.4, -0.2) is 34.7 Å². The van der Waals surface area contributed by atoms with Gasteiger partial charge in [0, 0.05) is 5.54 Å². The number of carbonyl (C=O) groups excluding carboxylic acids is 1. The van der Waals surface area contributed by atoms with Crippen molar-refractivity contribution in [1.29, 1.82) is 0 Å². The van der Waals surface area contributed by atoms with Crippen LogP contribution in [0.15, 0.2) is 24.3 Å². The van der Waals surface area contributed by atoms with Crippen molar-refractivity contribution in [3.63, 3.8) is 0 Å². The fraction of sp³-hybridized carbons (Fsp3) is 0.467. The van der Waals surface area contributed by atoms with E-state index in [0.717, 1.165) is 35.9 Å². The Morgan fingerprint density at radius 2 is 2.10 bits per heavy atom. The van der Waals surface area contributed by atoms with Gasteiger partial charge in [0.15, 0.2) is 5.13 Å². The average molecular weight is 305 g/mol. The molecular weight excluding hydrogens is 286 g/mol. The summed E-state index contributed by atoms with van der Waals surface area (Å²) in [6.07, 6.45) is 4.07. The molecule has 2 aromatic rings. The second kappa shape index (κ2) is 6.09. The fourth-order valence-corrected chi connectivity index (χ4v) is 3.68. The van der Waals surface area contributed by atoms with E-state index in [4.69, 9.17) is 0 Å². The molecule has 0 spiro atoms. The van der Waals surface area contributed by atoms with Crippen molar-refractivity contribution in [1.82, 2.24) is 10.3 Å². The van der Waals surface area contributed by atoms with E-state index in [1.54, 1.807) is 0 Å². The Balaban J connectivity index is 1.58. The van der Waals surface area contributed by atoms with Crippen molar-refractivity contribution < 1.29 is 9.90 Å². The van der Waals surface area contributed by atoms with Gasteiger partial charge in [0.2, 0.25) is 5.91 Å². The molecule has 1 fully saturated rings. The molecule has 0 bridgehead atoms. The first-order valence-electron chi connectivity index (χ1n) is 7.22. The van der Waals surface area contributed by atoms with Crippen LogP contribution in [0.1, 0.15) is 25.7 Å². The molecule has 0 atom stereocenters. The maximum Gasteiger partial charge on any atom is 0.240 e. The first kappa shape index (κ1) is 14.4. The van der Waals surface area contributed by atoms with Gasteiger partial charge < -0.3 is 15.7 Å². The summed E-state index contributed by atoms with van der Waals surface area (Å²) in [5.74, 6) is -0.117. The Morgan fingerprint density at radius 3 is 2.81 bits per heavy atom. The Bertz CT molecular complexity index is 602. The second-order valence-electron chi connectivity index (χ2n) is 5.53. The number of nitrogens with one attached hydrogen (secondary N) is 2. The van der Waals surface area contributed by atoms with Crippen LogP contribution >= 0.6 is 11.3 Å². The van der Waals surface area contributed by atoms with Gasteiger partial charge in [0.1, 0.15) is 0 Å². The number of benzene rings is 1. The number of aliphatic hydroxyl groups excluding tert-OH is 1. The Hall–Kier alpha value is -1.50. The van der Waals surface area contributed by atoms with Crippen LogP contribution in [-0.2, 0) is 4.79 Å². The minimum absolute atomic E-state index is 0.0847. The first-order valence-corrected chi connectivity index (χ1v) is 8.04. The SMILES string of the molecule is O=C(CNC1(CO)CCCC1)Nc1nc2ccccc2s1. The normalized spacial score (nSPS) is 17.2. The third-order valence-electron chi connectivity index (χ3n) is 4.03. The van der Waals surface area contributed by atoms with Crippen molar-refractivity contribution in [3.8, 4) is 0 Å². The summed E-state index contributed by atoms with van der Waals surface area (Å²) < 4.78 is 1.06. The summed E-state index contributed by atoms with van der Waals surface area (Å²) in [7, 11) is 0. The van der Waals surface area contributed by atoms with E-state index < -0.39 is 0 Å². The van der Waals surface area contributed by atoms with Gasteiger partial charge in [-0.1, -0.05) is 36.3 Å². The lowest BCUT2D eigenvalue weighted by molar-refractivity contribution is -0.115. The maximum absolute atomic E-state index is 12.0. The van der Waals surface area contributed by atoms with E-state index in [-0.39, 0.29) is 24.6 Å². The highest BCUT2D eigenvalue weighted by Crippen LogP contribution is 2.29. The number of fused-ring (bicyclic) bond motifs is 1. The summed E-state index contributed by atoms with van der Waals surface area (Å²) in [6.45, 7) is 0.290. The molecule has 112 valence electrons. The molecule has 6 heteroatoms. The van der Waals surface area contributed by atoms with E-state index >= 15 is 0 Å². The predicted molar refractivity (Wildman–Crippen MR) is 84.5 cm³/mol. The molecular formula is C15H19N3O2S. The number of anilines is 1. The molecule has 0 radical (unpaired) electrons. The minimum atomic E-state index is -0.273. The van der Waals surface area contributed by atoms with Gasteiger partial charge in [-0.05, 0) is 25.0 Å². The monoisotopic (exact) mass is 305 g/mol. The highest BCUT2D eigenvalue weighted by molar-refractivity contribution is 7.22. The molecule has 1 aliphatic carbocycles. The molecule has 5 nitrogen and oxygen atoms in total. The standard InChI is InChI=1S/C15H19N3O2S/c19-10-15(7-3-4-8-15)16-9-13(20)18-14-17-11-5-1-2-6-12(11)21-14/h1-2,5-6,16,19H,3-4,7-10H2,(H,17,18,20). The third-order valence-corrected chi connectivity index (χ3v) is 4.98.